The summed E-state index contributed by atoms with van der Waals surface area (Å²) in [6.07, 6.45) is 0. The van der Waals surface area contributed by atoms with Gasteiger partial charge in [0.05, 0.1) is 5.60 Å². The molecule has 0 aromatic heterocycles. The molecule has 0 fully saturated rings. The number of nitrogens with two attached hydrogens (primary N) is 2. The molecule has 3 heteroatoms. The van der Waals surface area contributed by atoms with Gasteiger partial charge in [-0.3, -0.25) is 11.5 Å². The zero-order valence-electron chi connectivity index (χ0n) is 8.95. The molecule has 0 saturated carbocycles. The van der Waals surface area contributed by atoms with Gasteiger partial charge in [0.2, 0.25) is 0 Å². The van der Waals surface area contributed by atoms with E-state index < -0.39 is 5.85 Å². The highest BCUT2D eigenvalue weighted by Gasteiger charge is 2.28. The van der Waals surface area contributed by atoms with Crippen LogP contribution in [0.25, 0.3) is 0 Å². The molecule has 0 unspecified atom stereocenters. The number of rotatable bonds is 2. The van der Waals surface area contributed by atoms with Gasteiger partial charge in [-0.15, -0.1) is 0 Å². The lowest BCUT2D eigenvalue weighted by atomic mass is 10.1. The summed E-state index contributed by atoms with van der Waals surface area (Å²) < 4.78 is 5.57. The third-order valence-electron chi connectivity index (χ3n) is 1.70. The highest BCUT2D eigenvalue weighted by Crippen LogP contribution is 2.20. The van der Waals surface area contributed by atoms with Gasteiger partial charge in [0.25, 0.3) is 0 Å². The van der Waals surface area contributed by atoms with Crippen molar-refractivity contribution >= 4 is 0 Å². The van der Waals surface area contributed by atoms with Crippen LogP contribution in [-0.2, 0) is 10.6 Å². The second-order valence-corrected chi connectivity index (χ2v) is 4.37. The van der Waals surface area contributed by atoms with Crippen LogP contribution < -0.4 is 11.5 Å². The van der Waals surface area contributed by atoms with E-state index in [1.54, 1.807) is 0 Å². The molecule has 0 spiro atoms. The first-order chi connectivity index (χ1) is 6.31. The Morgan fingerprint density at radius 2 is 1.50 bits per heavy atom. The molecule has 1 aromatic carbocycles. The molecule has 0 heterocycles. The number of hydrogen-bond donors (Lipinski definition) is 2. The minimum Gasteiger partial charge on any atom is -0.338 e. The fourth-order valence-electron chi connectivity index (χ4n) is 1.26. The quantitative estimate of drug-likeness (QED) is 0.702. The SMILES string of the molecule is CC(C)(C)OC(N)(N)c1ccccc1. The van der Waals surface area contributed by atoms with E-state index in [-0.39, 0.29) is 5.60 Å². The number of benzene rings is 1. The van der Waals surface area contributed by atoms with Crippen molar-refractivity contribution in [3.05, 3.63) is 35.9 Å². The Kier molecular flexibility index (Phi) is 2.95. The van der Waals surface area contributed by atoms with Gasteiger partial charge >= 0.3 is 0 Å². The van der Waals surface area contributed by atoms with Crippen molar-refractivity contribution in [1.82, 2.24) is 0 Å². The maximum absolute atomic E-state index is 5.88. The lowest BCUT2D eigenvalue weighted by Gasteiger charge is -2.33. The Morgan fingerprint density at radius 3 is 1.93 bits per heavy atom. The van der Waals surface area contributed by atoms with Gasteiger partial charge in [-0.1, -0.05) is 30.3 Å². The fourth-order valence-corrected chi connectivity index (χ4v) is 1.26. The summed E-state index contributed by atoms with van der Waals surface area (Å²) in [5.74, 6) is -1.22. The molecule has 1 rings (SSSR count). The zero-order valence-corrected chi connectivity index (χ0v) is 8.95. The molecule has 0 aliphatic rings. The lowest BCUT2D eigenvalue weighted by Crippen LogP contribution is -2.52. The molecule has 1 aromatic rings. The van der Waals surface area contributed by atoms with Gasteiger partial charge in [0, 0.05) is 5.56 Å². The highest BCUT2D eigenvalue weighted by atomic mass is 16.5. The van der Waals surface area contributed by atoms with Crippen molar-refractivity contribution < 1.29 is 4.74 Å². The normalized spacial score (nSPS) is 12.9. The van der Waals surface area contributed by atoms with Crippen molar-refractivity contribution in [2.75, 3.05) is 0 Å². The second kappa shape index (κ2) is 3.69. The van der Waals surface area contributed by atoms with Gasteiger partial charge in [-0.25, -0.2) is 0 Å². The predicted octanol–water partition coefficient (Wildman–Crippen LogP) is 1.53. The largest absolute Gasteiger partial charge is 0.338 e. The van der Waals surface area contributed by atoms with Gasteiger partial charge in [0.15, 0.2) is 5.85 Å². The molecule has 0 aliphatic heterocycles. The molecule has 0 bridgehead atoms. The maximum Gasteiger partial charge on any atom is 0.197 e. The van der Waals surface area contributed by atoms with Crippen LogP contribution in [0.2, 0.25) is 0 Å². The van der Waals surface area contributed by atoms with Gasteiger partial charge in [-0.05, 0) is 20.8 Å². The molecule has 0 radical (unpaired) electrons. The van der Waals surface area contributed by atoms with Crippen LogP contribution >= 0.6 is 0 Å². The van der Waals surface area contributed by atoms with Crippen LogP contribution in [0.1, 0.15) is 26.3 Å². The van der Waals surface area contributed by atoms with E-state index in [0.717, 1.165) is 5.56 Å². The third kappa shape index (κ3) is 3.10. The van der Waals surface area contributed by atoms with Crippen LogP contribution in [0.5, 0.6) is 0 Å². The summed E-state index contributed by atoms with van der Waals surface area (Å²) in [6, 6.07) is 9.39. The summed E-state index contributed by atoms with van der Waals surface area (Å²) in [4.78, 5) is 0. The molecule has 0 aliphatic carbocycles. The molecule has 14 heavy (non-hydrogen) atoms. The van der Waals surface area contributed by atoms with Gasteiger partial charge < -0.3 is 4.74 Å². The predicted molar refractivity (Wildman–Crippen MR) is 57.3 cm³/mol. The monoisotopic (exact) mass is 194 g/mol. The average molecular weight is 194 g/mol. The molecule has 3 nitrogen and oxygen atoms in total. The van der Waals surface area contributed by atoms with Crippen molar-refractivity contribution in [3.63, 3.8) is 0 Å². The highest BCUT2D eigenvalue weighted by molar-refractivity contribution is 5.20. The first kappa shape index (κ1) is 11.2. The van der Waals surface area contributed by atoms with E-state index >= 15 is 0 Å². The van der Waals surface area contributed by atoms with Crippen molar-refractivity contribution in [2.24, 2.45) is 11.5 Å². The fraction of sp³-hybridized carbons (Fsp3) is 0.455. The smallest absolute Gasteiger partial charge is 0.197 e. The minimum atomic E-state index is -1.22. The van der Waals surface area contributed by atoms with Crippen LogP contribution in [0.15, 0.2) is 30.3 Å². The molecule has 0 amide bonds. The summed E-state index contributed by atoms with van der Waals surface area (Å²) in [5, 5.41) is 0. The summed E-state index contributed by atoms with van der Waals surface area (Å²) in [6.45, 7) is 5.76. The van der Waals surface area contributed by atoms with Crippen LogP contribution in [-0.4, -0.2) is 5.60 Å². The Hall–Kier alpha value is -0.900. The summed E-state index contributed by atoms with van der Waals surface area (Å²) in [7, 11) is 0. The van der Waals surface area contributed by atoms with E-state index in [0.29, 0.717) is 0 Å². The number of ether oxygens (including phenoxy) is 1. The van der Waals surface area contributed by atoms with E-state index in [2.05, 4.69) is 0 Å². The minimum absolute atomic E-state index is 0.362. The zero-order chi connectivity index (χ0) is 10.8. The Morgan fingerprint density at radius 1 is 1.00 bits per heavy atom. The van der Waals surface area contributed by atoms with E-state index in [1.165, 1.54) is 0 Å². The Balaban J connectivity index is 2.86. The Bertz CT molecular complexity index is 288. The van der Waals surface area contributed by atoms with Crippen molar-refractivity contribution in [1.29, 1.82) is 0 Å². The Labute approximate surface area is 85.0 Å². The molecular formula is C11H18N2O. The van der Waals surface area contributed by atoms with Gasteiger partial charge in [-0.2, -0.15) is 0 Å². The van der Waals surface area contributed by atoms with Crippen molar-refractivity contribution in [3.8, 4) is 0 Å². The van der Waals surface area contributed by atoms with Crippen LogP contribution in [0.4, 0.5) is 0 Å². The standard InChI is InChI=1S/C11H18N2O/c1-10(2,3)14-11(12,13)9-7-5-4-6-8-9/h4-8H,12-13H2,1-3H3. The second-order valence-electron chi connectivity index (χ2n) is 4.37. The maximum atomic E-state index is 5.88. The molecular weight excluding hydrogens is 176 g/mol. The average Bonchev–Trinajstić information content (AvgIpc) is 2.01. The topological polar surface area (TPSA) is 61.3 Å². The number of hydrogen-bond acceptors (Lipinski definition) is 3. The first-order valence-corrected chi connectivity index (χ1v) is 4.65. The van der Waals surface area contributed by atoms with Gasteiger partial charge in [0.1, 0.15) is 0 Å². The first-order valence-electron chi connectivity index (χ1n) is 4.65. The summed E-state index contributed by atoms with van der Waals surface area (Å²) >= 11 is 0. The van der Waals surface area contributed by atoms with E-state index in [9.17, 15) is 0 Å². The van der Waals surface area contributed by atoms with Crippen LogP contribution in [0.3, 0.4) is 0 Å². The lowest BCUT2D eigenvalue weighted by molar-refractivity contribution is -0.132. The van der Waals surface area contributed by atoms with E-state index in [1.807, 2.05) is 51.1 Å². The summed E-state index contributed by atoms with van der Waals surface area (Å²) in [5.41, 5.74) is 12.2. The molecule has 0 saturated heterocycles. The molecule has 4 N–H and O–H groups in total. The third-order valence-corrected chi connectivity index (χ3v) is 1.70. The van der Waals surface area contributed by atoms with Crippen molar-refractivity contribution in [2.45, 2.75) is 32.2 Å². The van der Waals surface area contributed by atoms with Crippen LogP contribution in [0, 0.1) is 0 Å². The molecule has 78 valence electrons. The molecule has 0 atom stereocenters. The van der Waals surface area contributed by atoms with E-state index in [4.69, 9.17) is 16.2 Å².